The summed E-state index contributed by atoms with van der Waals surface area (Å²) >= 11 is 1.65. The minimum atomic E-state index is -0.770. The first-order valence-corrected chi connectivity index (χ1v) is 11.5. The lowest BCUT2D eigenvalue weighted by Crippen LogP contribution is -2.15. The summed E-state index contributed by atoms with van der Waals surface area (Å²) in [7, 11) is 2.44. The number of rotatable bonds is 6. The molecule has 0 aliphatic rings. The van der Waals surface area contributed by atoms with Crippen LogP contribution in [0.5, 0.6) is 5.75 Å². The van der Waals surface area contributed by atoms with E-state index >= 15 is 0 Å². The molecule has 0 aliphatic heterocycles. The number of phenolic OH excluding ortho intramolecular Hbond substituents is 1. The maximum atomic E-state index is 12.8. The van der Waals surface area contributed by atoms with Gasteiger partial charge in [-0.2, -0.15) is 5.10 Å². The van der Waals surface area contributed by atoms with Gasteiger partial charge in [0.15, 0.2) is 5.69 Å². The van der Waals surface area contributed by atoms with Crippen LogP contribution in [0.3, 0.4) is 0 Å². The second-order valence-corrected chi connectivity index (χ2v) is 8.14. The van der Waals surface area contributed by atoms with E-state index in [0.717, 1.165) is 16.0 Å². The molecular formula is C26H22N2O5S. The van der Waals surface area contributed by atoms with E-state index in [2.05, 4.69) is 5.10 Å². The number of thioether (sulfide) groups is 1. The van der Waals surface area contributed by atoms with Crippen LogP contribution in [0.25, 0.3) is 28.1 Å². The number of carbonyl (C=O) groups is 2. The summed E-state index contributed by atoms with van der Waals surface area (Å²) in [5.41, 5.74) is 2.48. The number of carbonyl (C=O) groups excluding carboxylic acids is 2. The molecule has 0 unspecified atom stereocenters. The van der Waals surface area contributed by atoms with Crippen LogP contribution >= 0.6 is 11.8 Å². The summed E-state index contributed by atoms with van der Waals surface area (Å²) in [6.07, 6.45) is 2.01. The summed E-state index contributed by atoms with van der Waals surface area (Å²) in [4.78, 5) is 26.6. The van der Waals surface area contributed by atoms with Crippen molar-refractivity contribution in [3.8, 4) is 33.8 Å². The molecule has 1 aromatic heterocycles. The van der Waals surface area contributed by atoms with Gasteiger partial charge in [-0.25, -0.2) is 14.3 Å². The standard InChI is InChI=1S/C26H22N2O5S/c1-32-25(30)22-23(27-28(24(22)26(31)33-2)18-7-5-4-6-8-18)20-14-11-17(15-21(20)29)16-9-12-19(34-3)13-10-16/h4-15,29H,1-3H3. The fraction of sp³-hybridized carbons (Fsp3) is 0.115. The quantitative estimate of drug-likeness (QED) is 0.303. The van der Waals surface area contributed by atoms with E-state index in [-0.39, 0.29) is 28.3 Å². The molecular weight excluding hydrogens is 452 g/mol. The fourth-order valence-corrected chi connectivity index (χ4v) is 4.05. The van der Waals surface area contributed by atoms with Gasteiger partial charge < -0.3 is 14.6 Å². The highest BCUT2D eigenvalue weighted by atomic mass is 32.2. The Hall–Kier alpha value is -4.04. The maximum Gasteiger partial charge on any atom is 0.357 e. The van der Waals surface area contributed by atoms with Crippen LogP contribution in [0.4, 0.5) is 0 Å². The van der Waals surface area contributed by atoms with Gasteiger partial charge >= 0.3 is 11.9 Å². The maximum absolute atomic E-state index is 12.8. The third-order valence-corrected chi connectivity index (χ3v) is 6.07. The van der Waals surface area contributed by atoms with Crippen molar-refractivity contribution in [3.05, 3.63) is 84.1 Å². The largest absolute Gasteiger partial charge is 0.507 e. The highest BCUT2D eigenvalue weighted by Gasteiger charge is 2.32. The summed E-state index contributed by atoms with van der Waals surface area (Å²) in [6.45, 7) is 0. The minimum absolute atomic E-state index is 0.0910. The molecule has 0 aliphatic carbocycles. The van der Waals surface area contributed by atoms with Gasteiger partial charge in [0.1, 0.15) is 17.0 Å². The molecule has 4 rings (SSSR count). The van der Waals surface area contributed by atoms with Crippen molar-refractivity contribution in [1.29, 1.82) is 0 Å². The molecule has 0 saturated heterocycles. The van der Waals surface area contributed by atoms with Gasteiger partial charge in [0.2, 0.25) is 0 Å². The second kappa shape index (κ2) is 9.84. The van der Waals surface area contributed by atoms with E-state index in [0.29, 0.717) is 5.69 Å². The van der Waals surface area contributed by atoms with Crippen molar-refractivity contribution in [2.75, 3.05) is 20.5 Å². The summed E-state index contributed by atoms with van der Waals surface area (Å²) < 4.78 is 11.2. The molecule has 0 bridgehead atoms. The van der Waals surface area contributed by atoms with Crippen molar-refractivity contribution < 1.29 is 24.2 Å². The van der Waals surface area contributed by atoms with E-state index in [9.17, 15) is 14.7 Å². The lowest BCUT2D eigenvalue weighted by atomic mass is 9.99. The van der Waals surface area contributed by atoms with Crippen LogP contribution in [0.15, 0.2) is 77.7 Å². The lowest BCUT2D eigenvalue weighted by Gasteiger charge is -2.08. The molecule has 34 heavy (non-hydrogen) atoms. The number of para-hydroxylation sites is 1. The Labute approximate surface area is 201 Å². The van der Waals surface area contributed by atoms with E-state index in [1.165, 1.54) is 18.9 Å². The number of esters is 2. The topological polar surface area (TPSA) is 90.6 Å². The summed E-state index contributed by atoms with van der Waals surface area (Å²) in [5, 5.41) is 15.5. The summed E-state index contributed by atoms with van der Waals surface area (Å²) in [6, 6.07) is 21.9. The number of hydrogen-bond donors (Lipinski definition) is 1. The van der Waals surface area contributed by atoms with E-state index < -0.39 is 11.9 Å². The predicted octanol–water partition coefficient (Wildman–Crippen LogP) is 5.21. The number of benzene rings is 3. The first kappa shape index (κ1) is 23.1. The molecule has 8 heteroatoms. The first-order valence-electron chi connectivity index (χ1n) is 10.3. The van der Waals surface area contributed by atoms with Crippen LogP contribution in [0.1, 0.15) is 20.8 Å². The van der Waals surface area contributed by atoms with Gasteiger partial charge in [-0.1, -0.05) is 36.4 Å². The highest BCUT2D eigenvalue weighted by Crippen LogP contribution is 2.37. The van der Waals surface area contributed by atoms with Gasteiger partial charge in [-0.15, -0.1) is 11.8 Å². The highest BCUT2D eigenvalue weighted by molar-refractivity contribution is 7.98. The zero-order valence-electron chi connectivity index (χ0n) is 18.8. The Morgan fingerprint density at radius 3 is 2.12 bits per heavy atom. The third kappa shape index (κ3) is 4.27. The first-order chi connectivity index (χ1) is 16.5. The van der Waals surface area contributed by atoms with Gasteiger partial charge in [0.05, 0.1) is 19.9 Å². The number of ether oxygens (including phenoxy) is 2. The molecule has 0 fully saturated rings. The van der Waals surface area contributed by atoms with Gasteiger partial charge in [0.25, 0.3) is 0 Å². The van der Waals surface area contributed by atoms with Gasteiger partial charge in [0, 0.05) is 10.5 Å². The minimum Gasteiger partial charge on any atom is -0.507 e. The predicted molar refractivity (Wildman–Crippen MR) is 131 cm³/mol. The smallest absolute Gasteiger partial charge is 0.357 e. The second-order valence-electron chi connectivity index (χ2n) is 7.26. The molecule has 0 atom stereocenters. The molecule has 172 valence electrons. The van der Waals surface area contributed by atoms with Crippen LogP contribution < -0.4 is 0 Å². The van der Waals surface area contributed by atoms with E-state index in [1.54, 1.807) is 48.2 Å². The average molecular weight is 475 g/mol. The van der Waals surface area contributed by atoms with Crippen molar-refractivity contribution in [1.82, 2.24) is 9.78 Å². The van der Waals surface area contributed by atoms with Crippen molar-refractivity contribution in [2.24, 2.45) is 0 Å². The molecule has 4 aromatic rings. The Kier molecular flexibility index (Phi) is 6.70. The number of phenols is 1. The van der Waals surface area contributed by atoms with E-state index in [1.807, 2.05) is 42.7 Å². The molecule has 7 nitrogen and oxygen atoms in total. The molecule has 1 N–H and O–H groups in total. The monoisotopic (exact) mass is 474 g/mol. The molecule has 3 aromatic carbocycles. The molecule has 1 heterocycles. The van der Waals surface area contributed by atoms with Gasteiger partial charge in [-0.05, 0) is 53.8 Å². The molecule has 0 radical (unpaired) electrons. The third-order valence-electron chi connectivity index (χ3n) is 5.33. The average Bonchev–Trinajstić information content (AvgIpc) is 3.28. The number of nitrogens with zero attached hydrogens (tertiary/aromatic N) is 2. The van der Waals surface area contributed by atoms with Crippen molar-refractivity contribution in [2.45, 2.75) is 4.90 Å². The molecule has 0 amide bonds. The summed E-state index contributed by atoms with van der Waals surface area (Å²) in [5.74, 6) is -1.62. The van der Waals surface area contributed by atoms with Crippen molar-refractivity contribution in [3.63, 3.8) is 0 Å². The zero-order chi connectivity index (χ0) is 24.2. The Bertz CT molecular complexity index is 1350. The molecule has 0 saturated carbocycles. The Morgan fingerprint density at radius 1 is 0.882 bits per heavy atom. The fourth-order valence-electron chi connectivity index (χ4n) is 3.64. The number of methoxy groups -OCH3 is 2. The number of aromatic hydroxyl groups is 1. The van der Waals surface area contributed by atoms with Crippen LogP contribution in [0, 0.1) is 0 Å². The van der Waals surface area contributed by atoms with Crippen LogP contribution in [0.2, 0.25) is 0 Å². The Morgan fingerprint density at radius 2 is 1.53 bits per heavy atom. The van der Waals surface area contributed by atoms with E-state index in [4.69, 9.17) is 9.47 Å². The zero-order valence-corrected chi connectivity index (χ0v) is 19.6. The van der Waals surface area contributed by atoms with Crippen molar-refractivity contribution >= 4 is 23.7 Å². The SMILES string of the molecule is COC(=O)c1c(-c2ccc(-c3ccc(SC)cc3)cc2O)nn(-c2ccccc2)c1C(=O)OC. The number of aromatic nitrogens is 2. The van der Waals surface area contributed by atoms with Crippen LogP contribution in [-0.4, -0.2) is 47.3 Å². The van der Waals surface area contributed by atoms with Crippen LogP contribution in [-0.2, 0) is 9.47 Å². The Balaban J connectivity index is 1.90. The normalized spacial score (nSPS) is 10.7. The lowest BCUT2D eigenvalue weighted by molar-refractivity contribution is 0.0549. The molecule has 0 spiro atoms. The van der Waals surface area contributed by atoms with Gasteiger partial charge in [-0.3, -0.25) is 0 Å². The number of hydrogen-bond acceptors (Lipinski definition) is 7.